The second-order valence-electron chi connectivity index (χ2n) is 5.45. The smallest absolute Gasteiger partial charge is 0.328 e. The zero-order valence-electron chi connectivity index (χ0n) is 13.7. The van der Waals surface area contributed by atoms with Gasteiger partial charge in [0.25, 0.3) is 0 Å². The lowest BCUT2D eigenvalue weighted by molar-refractivity contribution is -0.134. The summed E-state index contributed by atoms with van der Waals surface area (Å²) in [4.78, 5) is 19.1. The van der Waals surface area contributed by atoms with Crippen molar-refractivity contribution in [2.75, 3.05) is 13.6 Å². The molecule has 0 heterocycles. The van der Waals surface area contributed by atoms with Crippen molar-refractivity contribution in [3.05, 3.63) is 40.4 Å². The van der Waals surface area contributed by atoms with E-state index < -0.39 is 11.9 Å². The molecule has 1 atom stereocenters. The van der Waals surface area contributed by atoms with Crippen molar-refractivity contribution in [1.82, 2.24) is 5.32 Å². The van der Waals surface area contributed by atoms with Crippen LogP contribution in [0.15, 0.2) is 30.4 Å². The van der Waals surface area contributed by atoms with Gasteiger partial charge < -0.3 is 20.3 Å². The summed E-state index contributed by atoms with van der Waals surface area (Å²) in [5, 5.41) is 19.8. The first kappa shape index (κ1) is 21.3. The van der Waals surface area contributed by atoms with Crippen LogP contribution in [0.5, 0.6) is 5.75 Å². The van der Waals surface area contributed by atoms with Crippen LogP contribution in [-0.2, 0) is 9.59 Å². The maximum Gasteiger partial charge on any atom is 0.328 e. The number of hydrogen-bond acceptors (Lipinski definition) is 4. The quantitative estimate of drug-likeness (QED) is 0.589. The Morgan fingerprint density at radius 3 is 2.36 bits per heavy atom. The molecule has 3 N–H and O–H groups in total. The number of benzene rings is 1. The fourth-order valence-electron chi connectivity index (χ4n) is 2.03. The first-order valence-electron chi connectivity index (χ1n) is 7.74. The molecule has 0 saturated heterocycles. The van der Waals surface area contributed by atoms with Gasteiger partial charge in [-0.25, -0.2) is 9.59 Å². The van der Waals surface area contributed by atoms with E-state index in [4.69, 9.17) is 38.2 Å². The Labute approximate surface area is 156 Å². The Morgan fingerprint density at radius 1 is 1.28 bits per heavy atom. The van der Waals surface area contributed by atoms with Gasteiger partial charge in [0.15, 0.2) is 0 Å². The Morgan fingerprint density at radius 2 is 1.88 bits per heavy atom. The van der Waals surface area contributed by atoms with Crippen molar-refractivity contribution >= 4 is 35.1 Å². The lowest BCUT2D eigenvalue weighted by Gasteiger charge is -2.19. The van der Waals surface area contributed by atoms with Crippen molar-refractivity contribution in [1.29, 1.82) is 0 Å². The summed E-state index contributed by atoms with van der Waals surface area (Å²) in [7, 11) is 1.95. The molecule has 1 fully saturated rings. The highest BCUT2D eigenvalue weighted by Gasteiger charge is 2.32. The van der Waals surface area contributed by atoms with Crippen LogP contribution in [-0.4, -0.2) is 41.8 Å². The Kier molecular flexibility index (Phi) is 9.34. The number of halogens is 2. The predicted molar refractivity (Wildman–Crippen MR) is 96.6 cm³/mol. The highest BCUT2D eigenvalue weighted by Crippen LogP contribution is 2.39. The second kappa shape index (κ2) is 11.0. The highest BCUT2D eigenvalue weighted by atomic mass is 35.5. The SMILES string of the molecule is CNCCC(Oc1cccc(Cl)c1Cl)C1CC1.O=C(O)/C=C/C(=O)O. The molecule has 25 heavy (non-hydrogen) atoms. The molecule has 8 heteroatoms. The molecular formula is C17H21Cl2NO5. The number of aliphatic carboxylic acids is 2. The molecule has 0 radical (unpaired) electrons. The molecule has 0 spiro atoms. The van der Waals surface area contributed by atoms with E-state index in [9.17, 15) is 9.59 Å². The molecule has 1 aromatic rings. The number of rotatable bonds is 8. The number of carboxylic acid groups (broad SMARTS) is 2. The van der Waals surface area contributed by atoms with Gasteiger partial charge in [-0.2, -0.15) is 0 Å². The lowest BCUT2D eigenvalue weighted by Crippen LogP contribution is -2.24. The molecule has 6 nitrogen and oxygen atoms in total. The molecule has 138 valence electrons. The fraction of sp³-hybridized carbons (Fsp3) is 0.412. The van der Waals surface area contributed by atoms with Crippen molar-refractivity contribution in [3.8, 4) is 5.75 Å². The third-order valence-corrected chi connectivity index (χ3v) is 4.19. The summed E-state index contributed by atoms with van der Waals surface area (Å²) in [6.45, 7) is 0.958. The average molecular weight is 390 g/mol. The molecule has 2 rings (SSSR count). The number of carboxylic acids is 2. The standard InChI is InChI=1S/C13H17Cl2NO.C4H4O4/c1-16-8-7-11(9-5-6-9)17-12-4-2-3-10(14)13(12)15;5-3(6)1-2-4(7)8/h2-4,9,11,16H,5-8H2,1H3;1-2H,(H,5,6)(H,7,8)/b;2-1+. The largest absolute Gasteiger partial charge is 0.488 e. The number of hydrogen-bond donors (Lipinski definition) is 3. The normalized spacial score (nSPS) is 14.5. The van der Waals surface area contributed by atoms with Gasteiger partial charge in [0, 0.05) is 12.2 Å². The van der Waals surface area contributed by atoms with Crippen LogP contribution < -0.4 is 10.1 Å². The summed E-state index contributed by atoms with van der Waals surface area (Å²) in [6, 6.07) is 5.52. The van der Waals surface area contributed by atoms with Gasteiger partial charge in [-0.3, -0.25) is 0 Å². The molecule has 0 aromatic heterocycles. The molecule has 0 amide bonds. The minimum absolute atomic E-state index is 0.249. The van der Waals surface area contributed by atoms with Gasteiger partial charge >= 0.3 is 11.9 Å². The first-order chi connectivity index (χ1) is 11.8. The number of nitrogens with one attached hydrogen (secondary N) is 1. The van der Waals surface area contributed by atoms with Crippen molar-refractivity contribution in [2.45, 2.75) is 25.4 Å². The monoisotopic (exact) mass is 389 g/mol. The third kappa shape index (κ3) is 8.77. The molecule has 1 unspecified atom stereocenters. The summed E-state index contributed by atoms with van der Waals surface area (Å²) >= 11 is 12.1. The predicted octanol–water partition coefficient (Wildman–Crippen LogP) is 3.47. The van der Waals surface area contributed by atoms with E-state index in [0.29, 0.717) is 33.9 Å². The second-order valence-corrected chi connectivity index (χ2v) is 6.23. The first-order valence-corrected chi connectivity index (χ1v) is 8.50. The number of carbonyl (C=O) groups is 2. The van der Waals surface area contributed by atoms with E-state index in [2.05, 4.69) is 5.32 Å². The molecule has 1 aliphatic carbocycles. The summed E-state index contributed by atoms with van der Waals surface area (Å²) in [5.74, 6) is -1.13. The van der Waals surface area contributed by atoms with Gasteiger partial charge in [-0.15, -0.1) is 0 Å². The minimum Gasteiger partial charge on any atom is -0.488 e. The van der Waals surface area contributed by atoms with Crippen LogP contribution in [0.2, 0.25) is 10.0 Å². The van der Waals surface area contributed by atoms with Crippen LogP contribution in [0, 0.1) is 5.92 Å². The zero-order chi connectivity index (χ0) is 18.8. The van der Waals surface area contributed by atoms with Crippen LogP contribution in [0.1, 0.15) is 19.3 Å². The van der Waals surface area contributed by atoms with Gasteiger partial charge in [0.05, 0.1) is 5.02 Å². The lowest BCUT2D eigenvalue weighted by atomic mass is 10.1. The molecule has 0 bridgehead atoms. The molecular weight excluding hydrogens is 369 g/mol. The van der Waals surface area contributed by atoms with Gasteiger partial charge in [-0.05, 0) is 50.9 Å². The fourth-order valence-corrected chi connectivity index (χ4v) is 2.36. The van der Waals surface area contributed by atoms with E-state index in [1.807, 2.05) is 19.2 Å². The van der Waals surface area contributed by atoms with Gasteiger partial charge in [-0.1, -0.05) is 29.3 Å². The zero-order valence-corrected chi connectivity index (χ0v) is 15.3. The maximum atomic E-state index is 9.55. The van der Waals surface area contributed by atoms with E-state index in [1.165, 1.54) is 12.8 Å². The average Bonchev–Trinajstić information content (AvgIpc) is 3.39. The molecule has 1 aliphatic rings. The Balaban J connectivity index is 0.000000333. The summed E-state index contributed by atoms with van der Waals surface area (Å²) < 4.78 is 6.00. The van der Waals surface area contributed by atoms with Gasteiger partial charge in [0.2, 0.25) is 0 Å². The van der Waals surface area contributed by atoms with Crippen LogP contribution in [0.4, 0.5) is 0 Å². The van der Waals surface area contributed by atoms with Crippen LogP contribution in [0.3, 0.4) is 0 Å². The highest BCUT2D eigenvalue weighted by molar-refractivity contribution is 6.42. The topological polar surface area (TPSA) is 95.9 Å². The van der Waals surface area contributed by atoms with Crippen molar-refractivity contribution < 1.29 is 24.5 Å². The van der Waals surface area contributed by atoms with Crippen molar-refractivity contribution in [3.63, 3.8) is 0 Å². The maximum absolute atomic E-state index is 9.55. The number of ether oxygens (including phenoxy) is 1. The van der Waals surface area contributed by atoms with Crippen molar-refractivity contribution in [2.24, 2.45) is 5.92 Å². The third-order valence-electron chi connectivity index (χ3n) is 3.39. The molecule has 0 aliphatic heterocycles. The Hall–Kier alpha value is -1.76. The van der Waals surface area contributed by atoms with Gasteiger partial charge in [0.1, 0.15) is 16.9 Å². The van der Waals surface area contributed by atoms with E-state index in [0.717, 1.165) is 13.0 Å². The Bertz CT molecular complexity index is 601. The summed E-state index contributed by atoms with van der Waals surface area (Å²) in [6.07, 6.45) is 4.88. The van der Waals surface area contributed by atoms with E-state index in [-0.39, 0.29) is 6.10 Å². The van der Waals surface area contributed by atoms with Crippen LogP contribution in [0.25, 0.3) is 0 Å². The van der Waals surface area contributed by atoms with E-state index in [1.54, 1.807) is 6.07 Å². The van der Waals surface area contributed by atoms with E-state index >= 15 is 0 Å². The minimum atomic E-state index is -1.26. The molecule has 1 aromatic carbocycles. The molecule has 1 saturated carbocycles. The summed E-state index contributed by atoms with van der Waals surface area (Å²) in [5.41, 5.74) is 0. The van der Waals surface area contributed by atoms with Crippen LogP contribution >= 0.6 is 23.2 Å².